The van der Waals surface area contributed by atoms with Gasteiger partial charge in [0, 0.05) is 32.6 Å². The van der Waals surface area contributed by atoms with Crippen molar-refractivity contribution in [3.8, 4) is 0 Å². The lowest BCUT2D eigenvalue weighted by Crippen LogP contribution is -2.34. The van der Waals surface area contributed by atoms with Crippen molar-refractivity contribution in [2.24, 2.45) is 5.92 Å². The van der Waals surface area contributed by atoms with Gasteiger partial charge >= 0.3 is 0 Å². The number of nitrogens with zero attached hydrogens (tertiary/aromatic N) is 4. The first kappa shape index (κ1) is 19.4. The van der Waals surface area contributed by atoms with E-state index >= 15 is 0 Å². The zero-order chi connectivity index (χ0) is 19.4. The van der Waals surface area contributed by atoms with Crippen LogP contribution in [0.25, 0.3) is 0 Å². The molecule has 2 aromatic heterocycles. The van der Waals surface area contributed by atoms with Crippen molar-refractivity contribution in [1.29, 1.82) is 0 Å². The molecule has 0 spiro atoms. The Bertz CT molecular complexity index is 787. The molecule has 146 valence electrons. The number of nitrogens with one attached hydrogen (secondary N) is 1. The van der Waals surface area contributed by atoms with Crippen molar-refractivity contribution in [2.45, 2.75) is 46.7 Å². The third-order valence-corrected chi connectivity index (χ3v) is 4.92. The number of aromatic nitrogens is 3. The highest BCUT2D eigenvalue weighted by Gasteiger charge is 2.27. The highest BCUT2D eigenvalue weighted by atomic mass is 16.3. The first-order valence-electron chi connectivity index (χ1n) is 9.56. The number of rotatable bonds is 6. The smallest absolute Gasteiger partial charge is 0.255 e. The van der Waals surface area contributed by atoms with E-state index in [9.17, 15) is 4.79 Å². The molecular weight excluding hydrogens is 342 g/mol. The molecule has 1 N–H and O–H groups in total. The van der Waals surface area contributed by atoms with Gasteiger partial charge in [0.25, 0.3) is 5.91 Å². The zero-order valence-electron chi connectivity index (χ0n) is 16.6. The Balaban J connectivity index is 1.76. The van der Waals surface area contributed by atoms with Gasteiger partial charge in [-0.15, -0.1) is 10.2 Å². The Labute approximate surface area is 160 Å². The average Bonchev–Trinajstić information content (AvgIpc) is 3.25. The zero-order valence-corrected chi connectivity index (χ0v) is 16.6. The summed E-state index contributed by atoms with van der Waals surface area (Å²) in [4.78, 5) is 14.9. The number of amides is 1. The minimum absolute atomic E-state index is 0.154. The minimum Gasteiger partial charge on any atom is -0.472 e. The molecule has 3 rings (SSSR count). The second-order valence-corrected chi connectivity index (χ2v) is 7.67. The number of hydrogen-bond donors (Lipinski definition) is 1. The number of carbonyl (C=O) groups is 1. The van der Waals surface area contributed by atoms with Crippen molar-refractivity contribution in [1.82, 2.24) is 25.0 Å². The molecule has 1 aliphatic heterocycles. The van der Waals surface area contributed by atoms with Crippen LogP contribution in [0.3, 0.4) is 0 Å². The monoisotopic (exact) mass is 371 g/mol. The Kier molecular flexibility index (Phi) is 6.11. The summed E-state index contributed by atoms with van der Waals surface area (Å²) < 4.78 is 7.21. The number of fused-ring (bicyclic) bond motifs is 1. The Morgan fingerprint density at radius 2 is 2.11 bits per heavy atom. The molecule has 1 aliphatic rings. The normalized spacial score (nSPS) is 15.9. The lowest BCUT2D eigenvalue weighted by atomic mass is 10.0. The van der Waals surface area contributed by atoms with Crippen LogP contribution in [0.1, 0.15) is 55.7 Å². The Morgan fingerprint density at radius 3 is 2.78 bits per heavy atom. The standard InChI is InChI=1S/C20H29N5O2/c1-14(2)5-8-24-9-6-17-22-23-19(25(17)11-10-24)18(15(3)4)21-20(26)16-7-12-27-13-16/h5,7,12-13,15,18H,6,8-11H2,1-4H3,(H,21,26). The molecule has 0 bridgehead atoms. The fourth-order valence-corrected chi connectivity index (χ4v) is 3.26. The van der Waals surface area contributed by atoms with Crippen LogP contribution in [0.5, 0.6) is 0 Å². The van der Waals surface area contributed by atoms with Gasteiger partial charge in [0.15, 0.2) is 5.82 Å². The molecule has 0 aliphatic carbocycles. The highest BCUT2D eigenvalue weighted by molar-refractivity contribution is 5.94. The van der Waals surface area contributed by atoms with Gasteiger partial charge in [0.05, 0.1) is 17.9 Å². The molecule has 1 amide bonds. The topological polar surface area (TPSA) is 76.2 Å². The quantitative estimate of drug-likeness (QED) is 0.790. The number of carbonyl (C=O) groups excluding carboxylic acids is 1. The molecule has 0 radical (unpaired) electrons. The first-order chi connectivity index (χ1) is 13.0. The van der Waals surface area contributed by atoms with Gasteiger partial charge in [-0.25, -0.2) is 0 Å². The molecular formula is C20H29N5O2. The molecule has 0 fully saturated rings. The Hall–Kier alpha value is -2.41. The van der Waals surface area contributed by atoms with E-state index in [1.165, 1.54) is 18.1 Å². The summed E-state index contributed by atoms with van der Waals surface area (Å²) in [7, 11) is 0. The maximum Gasteiger partial charge on any atom is 0.255 e. The molecule has 0 saturated heterocycles. The van der Waals surface area contributed by atoms with Crippen LogP contribution in [0.2, 0.25) is 0 Å². The summed E-state index contributed by atoms with van der Waals surface area (Å²) in [5.41, 5.74) is 1.85. The molecule has 7 nitrogen and oxygen atoms in total. The third-order valence-electron chi connectivity index (χ3n) is 4.92. The van der Waals surface area contributed by atoms with E-state index in [1.54, 1.807) is 6.07 Å². The number of furan rings is 1. The van der Waals surface area contributed by atoms with Crippen LogP contribution in [0.15, 0.2) is 34.7 Å². The summed E-state index contributed by atoms with van der Waals surface area (Å²) in [6, 6.07) is 1.47. The maximum atomic E-state index is 12.5. The van der Waals surface area contributed by atoms with Crippen LogP contribution in [-0.2, 0) is 13.0 Å². The fraction of sp³-hybridized carbons (Fsp3) is 0.550. The predicted molar refractivity (Wildman–Crippen MR) is 103 cm³/mol. The fourth-order valence-electron chi connectivity index (χ4n) is 3.26. The van der Waals surface area contributed by atoms with E-state index < -0.39 is 0 Å². The van der Waals surface area contributed by atoms with Crippen LogP contribution in [-0.4, -0.2) is 45.2 Å². The van der Waals surface area contributed by atoms with E-state index in [2.05, 4.69) is 58.8 Å². The number of hydrogen-bond acceptors (Lipinski definition) is 5. The van der Waals surface area contributed by atoms with Crippen LogP contribution in [0.4, 0.5) is 0 Å². The second-order valence-electron chi connectivity index (χ2n) is 7.67. The molecule has 0 saturated carbocycles. The van der Waals surface area contributed by atoms with E-state index in [1.807, 2.05) is 0 Å². The van der Waals surface area contributed by atoms with Crippen molar-refractivity contribution in [3.63, 3.8) is 0 Å². The first-order valence-corrected chi connectivity index (χ1v) is 9.56. The van der Waals surface area contributed by atoms with Crippen LogP contribution in [0, 0.1) is 5.92 Å². The summed E-state index contributed by atoms with van der Waals surface area (Å²) in [6.07, 6.45) is 6.08. The Morgan fingerprint density at radius 1 is 1.30 bits per heavy atom. The van der Waals surface area contributed by atoms with E-state index in [-0.39, 0.29) is 17.9 Å². The summed E-state index contributed by atoms with van der Waals surface area (Å²) in [6.45, 7) is 12.1. The molecule has 3 heterocycles. The third kappa shape index (κ3) is 4.66. The molecule has 27 heavy (non-hydrogen) atoms. The van der Waals surface area contributed by atoms with Gasteiger partial charge in [-0.3, -0.25) is 9.69 Å². The van der Waals surface area contributed by atoms with Gasteiger partial charge in [-0.1, -0.05) is 25.5 Å². The molecule has 1 unspecified atom stereocenters. The summed E-state index contributed by atoms with van der Waals surface area (Å²) >= 11 is 0. The van der Waals surface area contributed by atoms with E-state index in [0.717, 1.165) is 44.2 Å². The van der Waals surface area contributed by atoms with Gasteiger partial charge in [-0.05, 0) is 25.8 Å². The lowest BCUT2D eigenvalue weighted by molar-refractivity contribution is 0.0921. The van der Waals surface area contributed by atoms with Crippen molar-refractivity contribution in [2.75, 3.05) is 19.6 Å². The largest absolute Gasteiger partial charge is 0.472 e. The predicted octanol–water partition coefficient (Wildman–Crippen LogP) is 2.82. The maximum absolute atomic E-state index is 12.5. The second kappa shape index (κ2) is 8.52. The van der Waals surface area contributed by atoms with Gasteiger partial charge in [0.2, 0.25) is 0 Å². The highest BCUT2D eigenvalue weighted by Crippen LogP contribution is 2.23. The molecule has 1 atom stereocenters. The van der Waals surface area contributed by atoms with Crippen LogP contribution < -0.4 is 5.32 Å². The van der Waals surface area contributed by atoms with Crippen molar-refractivity contribution in [3.05, 3.63) is 47.5 Å². The van der Waals surface area contributed by atoms with E-state index in [0.29, 0.717) is 5.56 Å². The van der Waals surface area contributed by atoms with Gasteiger partial charge in [0.1, 0.15) is 12.1 Å². The average molecular weight is 371 g/mol. The van der Waals surface area contributed by atoms with Crippen LogP contribution >= 0.6 is 0 Å². The number of allylic oxidation sites excluding steroid dienone is 1. The lowest BCUT2D eigenvalue weighted by Gasteiger charge is -2.23. The molecule has 0 aromatic carbocycles. The van der Waals surface area contributed by atoms with Crippen molar-refractivity contribution >= 4 is 5.91 Å². The molecule has 7 heteroatoms. The van der Waals surface area contributed by atoms with Gasteiger partial charge in [-0.2, -0.15) is 0 Å². The van der Waals surface area contributed by atoms with Crippen molar-refractivity contribution < 1.29 is 9.21 Å². The van der Waals surface area contributed by atoms with Gasteiger partial charge < -0.3 is 14.3 Å². The SMILES string of the molecule is CC(C)=CCN1CCc2nnc(C(NC(=O)c3ccoc3)C(C)C)n2CC1. The summed E-state index contributed by atoms with van der Waals surface area (Å²) in [5.74, 6) is 1.87. The summed E-state index contributed by atoms with van der Waals surface area (Å²) in [5, 5.41) is 12.0. The minimum atomic E-state index is -0.196. The molecule has 2 aromatic rings. The van der Waals surface area contributed by atoms with E-state index in [4.69, 9.17) is 4.42 Å².